The smallest absolute Gasteiger partial charge is 0.410 e. The molecule has 2 aromatic rings. The van der Waals surface area contributed by atoms with Crippen molar-refractivity contribution in [3.63, 3.8) is 0 Å². The summed E-state index contributed by atoms with van der Waals surface area (Å²) in [5.41, 5.74) is 4.49. The zero-order valence-corrected chi connectivity index (χ0v) is 20.1. The highest BCUT2D eigenvalue weighted by molar-refractivity contribution is 5.79. The summed E-state index contributed by atoms with van der Waals surface area (Å²) in [6.07, 6.45) is 0.523. The molecule has 35 heavy (non-hydrogen) atoms. The first-order chi connectivity index (χ1) is 16.8. The van der Waals surface area contributed by atoms with Gasteiger partial charge in [-0.3, -0.25) is 9.69 Å². The number of benzene rings is 2. The number of nitrogens with zero attached hydrogens (tertiary/aromatic N) is 1. The number of amides is 2. The number of aliphatic carboxylic acids is 1. The molecule has 1 atom stereocenters. The number of ether oxygens (including phenoxy) is 2. The minimum Gasteiger partial charge on any atom is -0.480 e. The van der Waals surface area contributed by atoms with Gasteiger partial charge in [0, 0.05) is 12.5 Å². The highest BCUT2D eigenvalue weighted by Crippen LogP contribution is 2.44. The van der Waals surface area contributed by atoms with E-state index in [1.165, 1.54) is 6.08 Å². The molecule has 0 bridgehead atoms. The average Bonchev–Trinajstić information content (AvgIpc) is 3.13. The predicted octanol–water partition coefficient (Wildman–Crippen LogP) is 4.65. The van der Waals surface area contributed by atoms with E-state index in [9.17, 15) is 19.5 Å². The average molecular weight is 481 g/mol. The second-order valence-electron chi connectivity index (χ2n) is 8.94. The fourth-order valence-corrected chi connectivity index (χ4v) is 4.41. The van der Waals surface area contributed by atoms with E-state index in [2.05, 4.69) is 24.0 Å². The Hall–Kier alpha value is -3.81. The van der Waals surface area contributed by atoms with E-state index in [-0.39, 0.29) is 31.6 Å². The molecule has 0 saturated heterocycles. The molecule has 3 rings (SSSR count). The van der Waals surface area contributed by atoms with Crippen molar-refractivity contribution in [2.75, 3.05) is 26.3 Å². The van der Waals surface area contributed by atoms with Crippen molar-refractivity contribution >= 4 is 18.2 Å². The van der Waals surface area contributed by atoms with Gasteiger partial charge in [-0.05, 0) is 34.6 Å². The first kappa shape index (κ1) is 25.8. The number of carboxylic acid groups (broad SMARTS) is 1. The molecule has 1 aliphatic carbocycles. The van der Waals surface area contributed by atoms with Gasteiger partial charge in [-0.25, -0.2) is 9.59 Å². The molecular formula is C27H32N2O6. The van der Waals surface area contributed by atoms with Crippen molar-refractivity contribution < 1.29 is 29.0 Å². The van der Waals surface area contributed by atoms with E-state index in [0.717, 1.165) is 27.2 Å². The monoisotopic (exact) mass is 480 g/mol. The van der Waals surface area contributed by atoms with Crippen LogP contribution in [0.1, 0.15) is 37.3 Å². The number of alkyl carbamates (subject to hydrolysis) is 1. The van der Waals surface area contributed by atoms with Crippen molar-refractivity contribution in [2.24, 2.45) is 5.92 Å². The van der Waals surface area contributed by atoms with Gasteiger partial charge in [0.2, 0.25) is 0 Å². The number of hydrogen-bond acceptors (Lipinski definition) is 5. The zero-order valence-electron chi connectivity index (χ0n) is 20.1. The normalized spacial score (nSPS) is 12.9. The SMILES string of the molecule is C=CCOC(=O)N(CC(=O)O)C[C@H](CC(C)C)NC(=O)OCC1c2ccccc2-c2ccccc21. The third kappa shape index (κ3) is 6.85. The maximum atomic E-state index is 12.8. The minimum absolute atomic E-state index is 0.0232. The third-order valence-corrected chi connectivity index (χ3v) is 5.77. The van der Waals surface area contributed by atoms with Crippen LogP contribution in [-0.4, -0.2) is 60.5 Å². The van der Waals surface area contributed by atoms with Crippen LogP contribution in [0.4, 0.5) is 9.59 Å². The molecule has 0 aliphatic heterocycles. The molecular weight excluding hydrogens is 448 g/mol. The predicted molar refractivity (Wildman–Crippen MR) is 132 cm³/mol. The molecule has 8 heteroatoms. The van der Waals surface area contributed by atoms with Gasteiger partial charge in [-0.15, -0.1) is 0 Å². The van der Waals surface area contributed by atoms with Crippen LogP contribution in [0.5, 0.6) is 0 Å². The lowest BCUT2D eigenvalue weighted by Crippen LogP contribution is -2.48. The molecule has 0 saturated carbocycles. The van der Waals surface area contributed by atoms with Crippen LogP contribution in [0.15, 0.2) is 61.2 Å². The Morgan fingerprint density at radius 2 is 1.66 bits per heavy atom. The maximum absolute atomic E-state index is 12.8. The first-order valence-electron chi connectivity index (χ1n) is 11.7. The van der Waals surface area contributed by atoms with E-state index < -0.39 is 30.7 Å². The first-order valence-corrected chi connectivity index (χ1v) is 11.7. The Bertz CT molecular complexity index is 1020. The molecule has 0 unspecified atom stereocenters. The lowest BCUT2D eigenvalue weighted by molar-refractivity contribution is -0.138. The molecule has 0 fully saturated rings. The third-order valence-electron chi connectivity index (χ3n) is 5.77. The molecule has 8 nitrogen and oxygen atoms in total. The van der Waals surface area contributed by atoms with Crippen LogP contribution < -0.4 is 5.32 Å². The number of carbonyl (C=O) groups is 3. The van der Waals surface area contributed by atoms with Gasteiger partial charge in [-0.2, -0.15) is 0 Å². The van der Waals surface area contributed by atoms with Crippen LogP contribution in [0.25, 0.3) is 11.1 Å². The van der Waals surface area contributed by atoms with Crippen LogP contribution in [0.2, 0.25) is 0 Å². The standard InChI is InChI=1S/C27H32N2O6/c1-4-13-34-27(33)29(16-25(30)31)15-19(14-18(2)3)28-26(32)35-17-24-22-11-7-5-9-20(22)21-10-6-8-12-23(21)24/h4-12,18-19,24H,1,13-17H2,2-3H3,(H,28,32)(H,30,31)/t19-/m0/s1. The van der Waals surface area contributed by atoms with Crippen LogP contribution >= 0.6 is 0 Å². The summed E-state index contributed by atoms with van der Waals surface area (Å²) in [5.74, 6) is -1.07. The Labute approximate surface area is 205 Å². The molecule has 2 amide bonds. The van der Waals surface area contributed by atoms with E-state index in [4.69, 9.17) is 9.47 Å². The molecule has 0 radical (unpaired) electrons. The largest absolute Gasteiger partial charge is 0.480 e. The summed E-state index contributed by atoms with van der Waals surface area (Å²) < 4.78 is 10.6. The number of carboxylic acids is 1. The Kier molecular flexibility index (Phi) is 8.89. The van der Waals surface area contributed by atoms with Gasteiger partial charge in [0.25, 0.3) is 0 Å². The summed E-state index contributed by atoms with van der Waals surface area (Å²) in [6.45, 7) is 7.00. The molecule has 1 aliphatic rings. The van der Waals surface area contributed by atoms with E-state index in [1.807, 2.05) is 50.2 Å². The molecule has 0 heterocycles. The van der Waals surface area contributed by atoms with Crippen molar-refractivity contribution in [3.8, 4) is 11.1 Å². The fourth-order valence-electron chi connectivity index (χ4n) is 4.41. The van der Waals surface area contributed by atoms with Crippen LogP contribution in [-0.2, 0) is 14.3 Å². The van der Waals surface area contributed by atoms with Crippen molar-refractivity contribution in [1.82, 2.24) is 10.2 Å². The van der Waals surface area contributed by atoms with Gasteiger partial charge in [0.05, 0.1) is 6.04 Å². The number of fused-ring (bicyclic) bond motifs is 3. The minimum atomic E-state index is -1.18. The molecule has 2 aromatic carbocycles. The topological polar surface area (TPSA) is 105 Å². The second-order valence-corrected chi connectivity index (χ2v) is 8.94. The molecule has 0 spiro atoms. The highest BCUT2D eigenvalue weighted by atomic mass is 16.6. The summed E-state index contributed by atoms with van der Waals surface area (Å²) >= 11 is 0. The highest BCUT2D eigenvalue weighted by Gasteiger charge is 2.30. The Morgan fingerprint density at radius 1 is 1.06 bits per heavy atom. The number of hydrogen-bond donors (Lipinski definition) is 2. The van der Waals surface area contributed by atoms with Crippen molar-refractivity contribution in [2.45, 2.75) is 32.2 Å². The van der Waals surface area contributed by atoms with E-state index >= 15 is 0 Å². The summed E-state index contributed by atoms with van der Waals surface area (Å²) in [7, 11) is 0. The van der Waals surface area contributed by atoms with Crippen LogP contribution in [0, 0.1) is 5.92 Å². The zero-order chi connectivity index (χ0) is 25.4. The fraction of sp³-hybridized carbons (Fsp3) is 0.370. The van der Waals surface area contributed by atoms with Gasteiger partial charge in [0.15, 0.2) is 0 Å². The van der Waals surface area contributed by atoms with Gasteiger partial charge in [0.1, 0.15) is 19.8 Å². The van der Waals surface area contributed by atoms with E-state index in [1.54, 1.807) is 0 Å². The lowest BCUT2D eigenvalue weighted by atomic mass is 9.98. The van der Waals surface area contributed by atoms with Crippen LogP contribution in [0.3, 0.4) is 0 Å². The van der Waals surface area contributed by atoms with Gasteiger partial charge >= 0.3 is 18.2 Å². The molecule has 0 aromatic heterocycles. The van der Waals surface area contributed by atoms with E-state index in [0.29, 0.717) is 6.42 Å². The molecule has 186 valence electrons. The summed E-state index contributed by atoms with van der Waals surface area (Å²) in [4.78, 5) is 37.4. The quantitative estimate of drug-likeness (QED) is 0.454. The number of rotatable bonds is 11. The van der Waals surface area contributed by atoms with Gasteiger partial charge < -0.3 is 19.9 Å². The van der Waals surface area contributed by atoms with Crippen molar-refractivity contribution in [1.29, 1.82) is 0 Å². The second kappa shape index (κ2) is 12.1. The Balaban J connectivity index is 1.67. The Morgan fingerprint density at radius 3 is 2.20 bits per heavy atom. The summed E-state index contributed by atoms with van der Waals surface area (Å²) in [5, 5.41) is 12.0. The lowest BCUT2D eigenvalue weighted by Gasteiger charge is -2.27. The molecule has 2 N–H and O–H groups in total. The summed E-state index contributed by atoms with van der Waals surface area (Å²) in [6, 6.07) is 15.6. The van der Waals surface area contributed by atoms with Crippen molar-refractivity contribution in [3.05, 3.63) is 72.3 Å². The maximum Gasteiger partial charge on any atom is 0.410 e. The number of carbonyl (C=O) groups excluding carboxylic acids is 2. The number of nitrogens with one attached hydrogen (secondary N) is 1. The van der Waals surface area contributed by atoms with Gasteiger partial charge in [-0.1, -0.05) is 75.0 Å².